The first kappa shape index (κ1) is 35.7. The Morgan fingerprint density at radius 3 is 1.50 bits per heavy atom. The summed E-state index contributed by atoms with van der Waals surface area (Å²) in [7, 11) is 1.36. The minimum absolute atomic E-state index is 0.131. The largest absolute Gasteiger partial charge is 0.469 e. The molecule has 32 heavy (non-hydrogen) atoms. The molecular formula is C27H56O5. The van der Waals surface area contributed by atoms with Crippen molar-refractivity contribution in [2.24, 2.45) is 28.6 Å². The maximum Gasteiger partial charge on any atom is 0.314 e. The molecule has 5 heteroatoms. The van der Waals surface area contributed by atoms with Gasteiger partial charge in [-0.2, -0.15) is 0 Å². The SMILES string of the molecule is CC(C)C/C=C\CO.CCC(CC)(CO)CC(C)C.CCC(CO)(CC(C)C)C(=O)OC. The quantitative estimate of drug-likeness (QED) is 0.231. The second-order valence-corrected chi connectivity index (χ2v) is 10.1. The van der Waals surface area contributed by atoms with Crippen LogP contribution in [0.2, 0.25) is 0 Å². The van der Waals surface area contributed by atoms with Crippen LogP contribution in [0.25, 0.3) is 0 Å². The van der Waals surface area contributed by atoms with Crippen LogP contribution in [0.4, 0.5) is 0 Å². The lowest BCUT2D eigenvalue weighted by Gasteiger charge is -2.31. The van der Waals surface area contributed by atoms with E-state index in [4.69, 9.17) is 9.84 Å². The first-order chi connectivity index (χ1) is 14.9. The molecule has 0 aliphatic carbocycles. The van der Waals surface area contributed by atoms with E-state index in [1.807, 2.05) is 26.8 Å². The van der Waals surface area contributed by atoms with Crippen LogP contribution in [0, 0.1) is 28.6 Å². The van der Waals surface area contributed by atoms with E-state index in [9.17, 15) is 15.0 Å². The number of hydrogen-bond acceptors (Lipinski definition) is 5. The first-order valence-electron chi connectivity index (χ1n) is 12.5. The second-order valence-electron chi connectivity index (χ2n) is 10.1. The van der Waals surface area contributed by atoms with Crippen molar-refractivity contribution in [1.82, 2.24) is 0 Å². The third-order valence-corrected chi connectivity index (χ3v) is 5.95. The molecule has 0 saturated carbocycles. The van der Waals surface area contributed by atoms with Gasteiger partial charge in [0, 0.05) is 6.61 Å². The minimum Gasteiger partial charge on any atom is -0.469 e. The molecular weight excluding hydrogens is 404 g/mol. The van der Waals surface area contributed by atoms with Crippen molar-refractivity contribution >= 4 is 5.97 Å². The van der Waals surface area contributed by atoms with E-state index in [2.05, 4.69) is 41.5 Å². The molecule has 0 rings (SSSR count). The number of allylic oxidation sites excluding steroid dienone is 1. The highest BCUT2D eigenvalue weighted by atomic mass is 16.5. The van der Waals surface area contributed by atoms with Gasteiger partial charge in [-0.25, -0.2) is 0 Å². The van der Waals surface area contributed by atoms with E-state index in [1.165, 1.54) is 7.11 Å². The molecule has 0 spiro atoms. The Labute approximate surface area is 199 Å². The van der Waals surface area contributed by atoms with Crippen molar-refractivity contribution < 1.29 is 24.9 Å². The molecule has 0 saturated heterocycles. The second kappa shape index (κ2) is 20.7. The van der Waals surface area contributed by atoms with E-state index in [-0.39, 0.29) is 24.6 Å². The van der Waals surface area contributed by atoms with Gasteiger partial charge in [-0.3, -0.25) is 4.79 Å². The molecule has 0 aliphatic heterocycles. The van der Waals surface area contributed by atoms with Crippen LogP contribution in [0.15, 0.2) is 12.2 Å². The molecule has 3 N–H and O–H groups in total. The van der Waals surface area contributed by atoms with Gasteiger partial charge in [-0.05, 0) is 61.7 Å². The summed E-state index contributed by atoms with van der Waals surface area (Å²) < 4.78 is 4.70. The number of methoxy groups -OCH3 is 1. The van der Waals surface area contributed by atoms with Gasteiger partial charge in [0.15, 0.2) is 0 Å². The van der Waals surface area contributed by atoms with Crippen molar-refractivity contribution in [2.45, 2.75) is 101 Å². The lowest BCUT2D eigenvalue weighted by atomic mass is 9.76. The van der Waals surface area contributed by atoms with Crippen molar-refractivity contribution in [2.75, 3.05) is 26.9 Å². The highest BCUT2D eigenvalue weighted by Gasteiger charge is 2.37. The number of hydrogen-bond donors (Lipinski definition) is 3. The Balaban J connectivity index is -0.000000406. The Morgan fingerprint density at radius 1 is 0.781 bits per heavy atom. The third kappa shape index (κ3) is 16.7. The fourth-order valence-electron chi connectivity index (χ4n) is 3.75. The Hall–Kier alpha value is -0.910. The summed E-state index contributed by atoms with van der Waals surface area (Å²) in [5.41, 5.74) is -0.489. The monoisotopic (exact) mass is 460 g/mol. The zero-order chi connectivity index (χ0) is 25.8. The third-order valence-electron chi connectivity index (χ3n) is 5.95. The number of ether oxygens (including phenoxy) is 1. The lowest BCUT2D eigenvalue weighted by Crippen LogP contribution is -2.36. The summed E-state index contributed by atoms with van der Waals surface area (Å²) in [5, 5.41) is 26.7. The van der Waals surface area contributed by atoms with Crippen molar-refractivity contribution in [3.05, 3.63) is 12.2 Å². The number of carbonyl (C=O) groups excluding carboxylic acids is 1. The predicted octanol–water partition coefficient (Wildman–Crippen LogP) is 6.01. The number of rotatable bonds is 13. The van der Waals surface area contributed by atoms with E-state index < -0.39 is 5.41 Å². The number of carbonyl (C=O) groups is 1. The van der Waals surface area contributed by atoms with Crippen LogP contribution in [-0.2, 0) is 9.53 Å². The summed E-state index contributed by atoms with van der Waals surface area (Å²) in [6.45, 7) is 19.4. The molecule has 0 aromatic heterocycles. The summed E-state index contributed by atoms with van der Waals surface area (Å²) in [5.74, 6) is 1.48. The topological polar surface area (TPSA) is 87.0 Å². The van der Waals surface area contributed by atoms with Gasteiger partial charge in [0.1, 0.15) is 0 Å². The van der Waals surface area contributed by atoms with Crippen LogP contribution in [0.5, 0.6) is 0 Å². The van der Waals surface area contributed by atoms with Gasteiger partial charge in [0.05, 0.1) is 25.7 Å². The Bertz CT molecular complexity index is 439. The van der Waals surface area contributed by atoms with Gasteiger partial charge in [0.25, 0.3) is 0 Å². The molecule has 0 fully saturated rings. The maximum absolute atomic E-state index is 11.4. The zero-order valence-corrected chi connectivity index (χ0v) is 22.9. The molecule has 0 aromatic rings. The van der Waals surface area contributed by atoms with Crippen molar-refractivity contribution in [3.63, 3.8) is 0 Å². The van der Waals surface area contributed by atoms with Crippen LogP contribution < -0.4 is 0 Å². The van der Waals surface area contributed by atoms with Gasteiger partial charge < -0.3 is 20.1 Å². The zero-order valence-electron chi connectivity index (χ0n) is 22.9. The van der Waals surface area contributed by atoms with Gasteiger partial charge in [0.2, 0.25) is 0 Å². The Kier molecular flexibility index (Phi) is 23.1. The van der Waals surface area contributed by atoms with E-state index in [0.717, 1.165) is 25.7 Å². The minimum atomic E-state index is -0.692. The fraction of sp³-hybridized carbons (Fsp3) is 0.889. The summed E-state index contributed by atoms with van der Waals surface area (Å²) >= 11 is 0. The van der Waals surface area contributed by atoms with Crippen molar-refractivity contribution in [1.29, 1.82) is 0 Å². The summed E-state index contributed by atoms with van der Waals surface area (Å²) in [6, 6.07) is 0. The first-order valence-corrected chi connectivity index (χ1v) is 12.5. The van der Waals surface area contributed by atoms with Crippen LogP contribution in [-0.4, -0.2) is 48.2 Å². The number of aliphatic hydroxyl groups is 3. The fourth-order valence-corrected chi connectivity index (χ4v) is 3.75. The van der Waals surface area contributed by atoms with Crippen LogP contribution >= 0.6 is 0 Å². The molecule has 0 bridgehead atoms. The standard InChI is InChI=1S/C10H20O3.C10H22O.C7H14O/c1-5-10(7-11,6-8(2)3)9(12)13-4;1-5-10(6-2,8-11)7-9(3)4;1-7(2)5-3-4-6-8/h8,11H,5-7H2,1-4H3;9,11H,5-8H2,1-4H3;3-4,7-8H,5-6H2,1-2H3/b;;4-3-. The van der Waals surface area contributed by atoms with Gasteiger partial charge >= 0.3 is 5.97 Å². The van der Waals surface area contributed by atoms with E-state index >= 15 is 0 Å². The van der Waals surface area contributed by atoms with E-state index in [1.54, 1.807) is 6.08 Å². The predicted molar refractivity (Wildman–Crippen MR) is 137 cm³/mol. The van der Waals surface area contributed by atoms with Crippen molar-refractivity contribution in [3.8, 4) is 0 Å². The van der Waals surface area contributed by atoms with Crippen LogP contribution in [0.1, 0.15) is 101 Å². The summed E-state index contributed by atoms with van der Waals surface area (Å²) in [6.07, 6.45) is 9.49. The smallest absolute Gasteiger partial charge is 0.314 e. The van der Waals surface area contributed by atoms with Gasteiger partial charge in [-0.1, -0.05) is 74.5 Å². The highest BCUT2D eigenvalue weighted by molar-refractivity contribution is 5.76. The normalized spacial score (nSPS) is 13.5. The molecule has 0 radical (unpaired) electrons. The average molecular weight is 461 g/mol. The molecule has 0 amide bonds. The molecule has 0 heterocycles. The molecule has 1 atom stereocenters. The molecule has 5 nitrogen and oxygen atoms in total. The molecule has 0 aliphatic rings. The number of aliphatic hydroxyl groups excluding tert-OH is 3. The molecule has 194 valence electrons. The molecule has 1 unspecified atom stereocenters. The maximum atomic E-state index is 11.4. The van der Waals surface area contributed by atoms with Crippen LogP contribution in [0.3, 0.4) is 0 Å². The Morgan fingerprint density at radius 2 is 1.28 bits per heavy atom. The highest BCUT2D eigenvalue weighted by Crippen LogP contribution is 2.33. The van der Waals surface area contributed by atoms with Gasteiger partial charge in [-0.15, -0.1) is 0 Å². The summed E-state index contributed by atoms with van der Waals surface area (Å²) in [4.78, 5) is 11.4. The van der Waals surface area contributed by atoms with E-state index in [0.29, 0.717) is 37.2 Å². The average Bonchev–Trinajstić information content (AvgIpc) is 2.76. The number of esters is 1. The lowest BCUT2D eigenvalue weighted by molar-refractivity contribution is -0.157. The molecule has 0 aromatic carbocycles.